The summed E-state index contributed by atoms with van der Waals surface area (Å²) in [6.45, 7) is 2.63. The van der Waals surface area contributed by atoms with Crippen molar-refractivity contribution < 1.29 is 13.9 Å². The summed E-state index contributed by atoms with van der Waals surface area (Å²) in [5.74, 6) is 2.40. The third-order valence-electron chi connectivity index (χ3n) is 5.04. The molecule has 5 nitrogen and oxygen atoms in total. The normalized spacial score (nSPS) is 20.2. The Balaban J connectivity index is 1.53. The molecule has 0 spiro atoms. The summed E-state index contributed by atoms with van der Waals surface area (Å²) < 4.78 is 17.4. The monoisotopic (exact) mass is 394 g/mol. The lowest BCUT2D eigenvalue weighted by molar-refractivity contribution is -0.0325. The lowest BCUT2D eigenvalue weighted by Gasteiger charge is -2.36. The predicted molar refractivity (Wildman–Crippen MR) is 107 cm³/mol. The van der Waals surface area contributed by atoms with Gasteiger partial charge in [-0.15, -0.1) is 0 Å². The third-order valence-corrected chi connectivity index (χ3v) is 5.27. The minimum absolute atomic E-state index is 0.0409. The second kappa shape index (κ2) is 6.91. The topological polar surface area (TPSA) is 47.2 Å². The van der Waals surface area contributed by atoms with Crippen molar-refractivity contribution in [1.82, 2.24) is 5.01 Å². The molecule has 0 unspecified atom stereocenters. The molecule has 142 valence electrons. The van der Waals surface area contributed by atoms with E-state index >= 15 is 0 Å². The predicted octanol–water partition coefficient (Wildman–Crippen LogP) is 5.57. The lowest BCUT2D eigenvalue weighted by Crippen LogP contribution is -2.33. The fraction of sp³-hybridized carbons (Fsp3) is 0.227. The number of halogens is 1. The summed E-state index contributed by atoms with van der Waals surface area (Å²) in [5, 5.41) is 7.57. The molecule has 28 heavy (non-hydrogen) atoms. The summed E-state index contributed by atoms with van der Waals surface area (Å²) in [7, 11) is 0. The molecule has 2 aliphatic heterocycles. The maximum absolute atomic E-state index is 6.26. The largest absolute Gasteiger partial charge is 0.494 e. The van der Waals surface area contributed by atoms with E-state index in [2.05, 4.69) is 0 Å². The van der Waals surface area contributed by atoms with Crippen molar-refractivity contribution in [1.29, 1.82) is 0 Å². The highest BCUT2D eigenvalue weighted by atomic mass is 35.5. The second-order valence-electron chi connectivity index (χ2n) is 6.77. The number of hydrogen-bond acceptors (Lipinski definition) is 5. The molecule has 5 rings (SSSR count). The Morgan fingerprint density at radius 1 is 1.18 bits per heavy atom. The Bertz CT molecular complexity index is 1010. The molecule has 2 aliphatic rings. The number of benzene rings is 2. The van der Waals surface area contributed by atoms with Gasteiger partial charge in [-0.3, -0.25) is 0 Å². The van der Waals surface area contributed by atoms with E-state index in [-0.39, 0.29) is 6.04 Å². The maximum Gasteiger partial charge on any atom is 0.246 e. The minimum Gasteiger partial charge on any atom is -0.494 e. The van der Waals surface area contributed by atoms with Crippen molar-refractivity contribution in [3.8, 4) is 11.5 Å². The van der Waals surface area contributed by atoms with E-state index in [4.69, 9.17) is 30.6 Å². The molecule has 6 heteroatoms. The summed E-state index contributed by atoms with van der Waals surface area (Å²) >= 11 is 6.26. The van der Waals surface area contributed by atoms with E-state index in [9.17, 15) is 0 Å². The molecule has 3 heterocycles. The molecule has 0 aliphatic carbocycles. The van der Waals surface area contributed by atoms with E-state index in [1.807, 2.05) is 66.5 Å². The Labute approximate surface area is 168 Å². The molecular weight excluding hydrogens is 376 g/mol. The first-order valence-corrected chi connectivity index (χ1v) is 9.69. The van der Waals surface area contributed by atoms with Crippen molar-refractivity contribution in [2.24, 2.45) is 5.10 Å². The molecule has 0 bridgehead atoms. The van der Waals surface area contributed by atoms with Crippen molar-refractivity contribution >= 4 is 17.3 Å². The number of nitrogens with zero attached hydrogens (tertiary/aromatic N) is 2. The Morgan fingerprint density at radius 3 is 2.79 bits per heavy atom. The average Bonchev–Trinajstić information content (AvgIpc) is 3.39. The van der Waals surface area contributed by atoms with Crippen LogP contribution in [0.25, 0.3) is 0 Å². The van der Waals surface area contributed by atoms with Crippen LogP contribution in [0.15, 0.2) is 70.4 Å². The Morgan fingerprint density at radius 2 is 2.04 bits per heavy atom. The van der Waals surface area contributed by atoms with Gasteiger partial charge in [-0.25, -0.2) is 5.01 Å². The van der Waals surface area contributed by atoms with E-state index in [0.717, 1.165) is 40.5 Å². The molecule has 0 N–H and O–H groups in total. The van der Waals surface area contributed by atoms with E-state index in [1.54, 1.807) is 6.26 Å². The Hall–Kier alpha value is -2.92. The second-order valence-corrected chi connectivity index (χ2v) is 7.21. The summed E-state index contributed by atoms with van der Waals surface area (Å²) in [4.78, 5) is 0. The van der Waals surface area contributed by atoms with Crippen molar-refractivity contribution in [2.45, 2.75) is 25.6 Å². The molecule has 0 radical (unpaired) electrons. The van der Waals surface area contributed by atoms with Crippen LogP contribution in [0.4, 0.5) is 0 Å². The van der Waals surface area contributed by atoms with Gasteiger partial charge in [0.1, 0.15) is 11.5 Å². The highest BCUT2D eigenvalue weighted by Gasteiger charge is 2.42. The number of ether oxygens (including phenoxy) is 2. The zero-order chi connectivity index (χ0) is 19.1. The van der Waals surface area contributed by atoms with Crippen LogP contribution in [-0.4, -0.2) is 17.3 Å². The van der Waals surface area contributed by atoms with Crippen molar-refractivity contribution in [3.05, 3.63) is 82.8 Å². The average molecular weight is 395 g/mol. The first-order chi connectivity index (χ1) is 13.7. The van der Waals surface area contributed by atoms with Gasteiger partial charge < -0.3 is 13.9 Å². The van der Waals surface area contributed by atoms with Gasteiger partial charge in [-0.05, 0) is 67.1 Å². The van der Waals surface area contributed by atoms with Crippen LogP contribution in [-0.2, 0) is 0 Å². The smallest absolute Gasteiger partial charge is 0.246 e. The zero-order valence-electron chi connectivity index (χ0n) is 15.3. The van der Waals surface area contributed by atoms with E-state index in [0.29, 0.717) is 11.6 Å². The molecule has 0 saturated heterocycles. The fourth-order valence-electron chi connectivity index (χ4n) is 3.76. The van der Waals surface area contributed by atoms with Crippen LogP contribution in [0, 0.1) is 0 Å². The van der Waals surface area contributed by atoms with Gasteiger partial charge in [0.05, 0.1) is 24.6 Å². The van der Waals surface area contributed by atoms with Crippen LogP contribution in [0.3, 0.4) is 0 Å². The van der Waals surface area contributed by atoms with Crippen molar-refractivity contribution in [3.63, 3.8) is 0 Å². The molecule has 1 aromatic heterocycles. The van der Waals surface area contributed by atoms with Crippen LogP contribution in [0.1, 0.15) is 42.5 Å². The highest BCUT2D eigenvalue weighted by Crippen LogP contribution is 2.48. The summed E-state index contributed by atoms with van der Waals surface area (Å²) in [5.41, 5.74) is 3.11. The van der Waals surface area contributed by atoms with Gasteiger partial charge in [0, 0.05) is 17.0 Å². The minimum atomic E-state index is -0.408. The van der Waals surface area contributed by atoms with Gasteiger partial charge in [0.15, 0.2) is 5.76 Å². The molecule has 0 amide bonds. The van der Waals surface area contributed by atoms with E-state index in [1.165, 1.54) is 0 Å². The number of fused-ring (bicyclic) bond motifs is 3. The molecule has 0 saturated carbocycles. The summed E-state index contributed by atoms with van der Waals surface area (Å²) in [6, 6.07) is 17.6. The molecule has 2 atom stereocenters. The molecule has 0 fully saturated rings. The lowest BCUT2D eigenvalue weighted by atomic mass is 9.96. The third kappa shape index (κ3) is 2.92. The highest BCUT2D eigenvalue weighted by molar-refractivity contribution is 6.30. The zero-order valence-corrected chi connectivity index (χ0v) is 16.1. The molecular formula is C22H19ClN2O3. The number of rotatable bonds is 4. The first-order valence-electron chi connectivity index (χ1n) is 9.31. The van der Waals surface area contributed by atoms with Crippen molar-refractivity contribution in [2.75, 3.05) is 6.61 Å². The fourth-order valence-corrected chi connectivity index (χ4v) is 3.94. The van der Waals surface area contributed by atoms with E-state index < -0.39 is 6.23 Å². The summed E-state index contributed by atoms with van der Waals surface area (Å²) in [6.07, 6.45) is 2.01. The number of hydrazone groups is 1. The van der Waals surface area contributed by atoms with Gasteiger partial charge in [-0.1, -0.05) is 11.6 Å². The maximum atomic E-state index is 6.26. The standard InChI is InChI=1S/C22H19ClN2O3/c1-2-26-16-8-5-14(6-9-16)18-13-19-17-12-15(23)7-10-20(17)28-22(25(19)24-18)21-4-3-11-27-21/h3-12,19,22H,2,13H2,1H3/t19-,22+/m0/s1. The molecule has 3 aromatic rings. The van der Waals surface area contributed by atoms with Crippen LogP contribution in [0.2, 0.25) is 5.02 Å². The first kappa shape index (κ1) is 17.2. The van der Waals surface area contributed by atoms with Crippen LogP contribution in [0.5, 0.6) is 11.5 Å². The van der Waals surface area contributed by atoms with Gasteiger partial charge >= 0.3 is 0 Å². The van der Waals surface area contributed by atoms with Gasteiger partial charge in [0.2, 0.25) is 6.23 Å². The quantitative estimate of drug-likeness (QED) is 0.580. The van der Waals surface area contributed by atoms with Gasteiger partial charge in [0.25, 0.3) is 0 Å². The van der Waals surface area contributed by atoms with Crippen LogP contribution < -0.4 is 9.47 Å². The van der Waals surface area contributed by atoms with Gasteiger partial charge in [-0.2, -0.15) is 5.10 Å². The SMILES string of the molecule is CCOc1ccc(C2=NN3[C@@H](c4ccco4)Oc4ccc(Cl)cc4[C@@H]3C2)cc1. The number of furan rings is 1. The Kier molecular flexibility index (Phi) is 4.24. The van der Waals surface area contributed by atoms with Crippen LogP contribution >= 0.6 is 11.6 Å². The molecule has 2 aromatic carbocycles. The number of hydrogen-bond donors (Lipinski definition) is 0.